The Balaban J connectivity index is 0.00000364. The van der Waals surface area contributed by atoms with E-state index in [1.54, 1.807) is 6.07 Å². The molecule has 148 valence electrons. The van der Waals surface area contributed by atoms with Crippen molar-refractivity contribution in [2.75, 3.05) is 23.8 Å². The number of benzene rings is 2. The molecule has 1 atom stereocenters. The maximum atomic E-state index is 12.4. The minimum absolute atomic E-state index is 0. The van der Waals surface area contributed by atoms with Crippen molar-refractivity contribution in [3.63, 3.8) is 0 Å². The largest absolute Gasteiger partial charge is 0.573 e. The lowest BCUT2D eigenvalue weighted by Crippen LogP contribution is -2.33. The van der Waals surface area contributed by atoms with Crippen LogP contribution in [0.15, 0.2) is 59.6 Å². The Morgan fingerprint density at radius 3 is 2.37 bits per heavy atom. The molecule has 0 aliphatic carbocycles. The van der Waals surface area contributed by atoms with E-state index in [1.165, 1.54) is 18.2 Å². The van der Waals surface area contributed by atoms with Crippen molar-refractivity contribution in [1.82, 2.24) is 0 Å². The number of guanidine groups is 1. The third kappa shape index (κ3) is 7.53. The zero-order chi connectivity index (χ0) is 19.2. The molecule has 0 spiro atoms. The molecule has 5 nitrogen and oxygen atoms in total. The van der Waals surface area contributed by atoms with Crippen molar-refractivity contribution in [1.29, 1.82) is 0 Å². The first-order chi connectivity index (χ1) is 12.3. The summed E-state index contributed by atoms with van der Waals surface area (Å²) in [7, 11) is 1.94. The van der Waals surface area contributed by atoms with Gasteiger partial charge in [0.15, 0.2) is 11.7 Å². The van der Waals surface area contributed by atoms with Crippen LogP contribution in [0.5, 0.6) is 5.75 Å². The Morgan fingerprint density at radius 2 is 1.74 bits per heavy atom. The summed E-state index contributed by atoms with van der Waals surface area (Å²) < 4.78 is 41.3. The number of halogens is 4. The van der Waals surface area contributed by atoms with E-state index in [-0.39, 0.29) is 47.4 Å². The number of nitrogens with two attached hydrogens (primary N) is 1. The van der Waals surface area contributed by atoms with Crippen LogP contribution in [0.4, 0.5) is 24.5 Å². The zero-order valence-electron chi connectivity index (χ0n) is 14.9. The van der Waals surface area contributed by atoms with E-state index in [9.17, 15) is 13.2 Å². The highest BCUT2D eigenvalue weighted by Gasteiger charge is 2.32. The second-order valence-electron chi connectivity index (χ2n) is 5.69. The fraction of sp³-hybridized carbons (Fsp3) is 0.278. The number of nitrogens with one attached hydrogen (secondary N) is 1. The first-order valence-corrected chi connectivity index (χ1v) is 7.96. The highest BCUT2D eigenvalue weighted by atomic mass is 127. The van der Waals surface area contributed by atoms with Crippen LogP contribution in [0.3, 0.4) is 0 Å². The summed E-state index contributed by atoms with van der Waals surface area (Å²) in [6.07, 6.45) is -4.78. The Labute approximate surface area is 173 Å². The smallest absolute Gasteiger partial charge is 0.404 e. The number of ether oxygens (including phenoxy) is 1. The van der Waals surface area contributed by atoms with Gasteiger partial charge in [0.05, 0.1) is 12.2 Å². The van der Waals surface area contributed by atoms with Crippen LogP contribution in [-0.4, -0.2) is 32.0 Å². The van der Waals surface area contributed by atoms with Gasteiger partial charge in [-0.1, -0.05) is 30.3 Å². The zero-order valence-corrected chi connectivity index (χ0v) is 17.2. The summed E-state index contributed by atoms with van der Waals surface area (Å²) in [5, 5.41) is 2.65. The molecule has 0 aromatic heterocycles. The van der Waals surface area contributed by atoms with Gasteiger partial charge in [0.1, 0.15) is 0 Å². The molecule has 0 aliphatic heterocycles. The number of para-hydroxylation sites is 3. The van der Waals surface area contributed by atoms with Crippen molar-refractivity contribution < 1.29 is 17.9 Å². The molecular formula is C18H22F3IN4O. The number of nitrogens with zero attached hydrogens (tertiary/aromatic N) is 2. The Hall–Kier alpha value is -2.17. The molecule has 0 radical (unpaired) electrons. The lowest BCUT2D eigenvalue weighted by atomic mass is 10.2. The van der Waals surface area contributed by atoms with Crippen molar-refractivity contribution in [3.8, 4) is 5.75 Å². The molecule has 0 heterocycles. The maximum absolute atomic E-state index is 12.4. The van der Waals surface area contributed by atoms with Crippen LogP contribution in [0.25, 0.3) is 0 Å². The highest BCUT2D eigenvalue weighted by molar-refractivity contribution is 14.0. The number of hydrogen-bond acceptors (Lipinski definition) is 3. The van der Waals surface area contributed by atoms with Crippen molar-refractivity contribution in [2.45, 2.75) is 19.3 Å². The van der Waals surface area contributed by atoms with Gasteiger partial charge in [-0.25, -0.2) is 0 Å². The monoisotopic (exact) mass is 494 g/mol. The minimum Gasteiger partial charge on any atom is -0.404 e. The second-order valence-corrected chi connectivity index (χ2v) is 5.69. The van der Waals surface area contributed by atoms with E-state index >= 15 is 0 Å². The van der Waals surface area contributed by atoms with Crippen LogP contribution in [0.2, 0.25) is 0 Å². The van der Waals surface area contributed by atoms with Crippen LogP contribution in [0, 0.1) is 0 Å². The molecule has 0 fully saturated rings. The molecule has 0 aliphatic rings. The molecule has 0 bridgehead atoms. The van der Waals surface area contributed by atoms with Gasteiger partial charge in [-0.2, -0.15) is 0 Å². The van der Waals surface area contributed by atoms with Gasteiger partial charge in [-0.05, 0) is 31.2 Å². The number of alkyl halides is 3. The maximum Gasteiger partial charge on any atom is 0.573 e. The SMILES string of the molecule is CC(CN=C(N)Nc1ccccc1OC(F)(F)F)N(C)c1ccccc1.I. The lowest BCUT2D eigenvalue weighted by molar-refractivity contribution is -0.274. The second kappa shape index (κ2) is 10.2. The van der Waals surface area contributed by atoms with Gasteiger partial charge >= 0.3 is 6.36 Å². The molecule has 2 aromatic carbocycles. The minimum atomic E-state index is -4.78. The molecule has 2 rings (SSSR count). The fourth-order valence-corrected chi connectivity index (χ4v) is 2.23. The average Bonchev–Trinajstić information content (AvgIpc) is 2.60. The molecule has 0 saturated heterocycles. The first-order valence-electron chi connectivity index (χ1n) is 7.96. The van der Waals surface area contributed by atoms with Crippen LogP contribution >= 0.6 is 24.0 Å². The quantitative estimate of drug-likeness (QED) is 0.354. The van der Waals surface area contributed by atoms with E-state index < -0.39 is 6.36 Å². The molecule has 0 amide bonds. The van der Waals surface area contributed by atoms with Crippen molar-refractivity contribution in [2.24, 2.45) is 10.7 Å². The summed E-state index contributed by atoms with van der Waals surface area (Å²) in [5.74, 6) is -0.357. The summed E-state index contributed by atoms with van der Waals surface area (Å²) in [5.41, 5.74) is 6.93. The van der Waals surface area contributed by atoms with E-state index in [4.69, 9.17) is 5.73 Å². The lowest BCUT2D eigenvalue weighted by Gasteiger charge is -2.25. The van der Waals surface area contributed by atoms with Crippen LogP contribution in [0.1, 0.15) is 6.92 Å². The Morgan fingerprint density at radius 1 is 1.15 bits per heavy atom. The normalized spacial score (nSPS) is 12.7. The summed E-state index contributed by atoms with van der Waals surface area (Å²) in [6, 6.07) is 15.5. The van der Waals surface area contributed by atoms with E-state index in [0.29, 0.717) is 6.54 Å². The number of rotatable bonds is 6. The molecule has 9 heteroatoms. The van der Waals surface area contributed by atoms with E-state index in [1.807, 2.05) is 49.2 Å². The van der Waals surface area contributed by atoms with Gasteiger partial charge in [0, 0.05) is 18.8 Å². The number of anilines is 2. The van der Waals surface area contributed by atoms with Crippen molar-refractivity contribution in [3.05, 3.63) is 54.6 Å². The Kier molecular flexibility index (Phi) is 8.67. The predicted octanol–water partition coefficient (Wildman–Crippen LogP) is 4.45. The molecule has 27 heavy (non-hydrogen) atoms. The molecule has 1 unspecified atom stereocenters. The molecular weight excluding hydrogens is 472 g/mol. The Bertz CT molecular complexity index is 741. The van der Waals surface area contributed by atoms with Crippen molar-refractivity contribution >= 4 is 41.3 Å². The van der Waals surface area contributed by atoms with Gasteiger partial charge < -0.3 is 20.7 Å². The van der Waals surface area contributed by atoms with Gasteiger partial charge in [-0.3, -0.25) is 4.99 Å². The first kappa shape index (κ1) is 22.9. The predicted molar refractivity (Wildman–Crippen MR) is 113 cm³/mol. The van der Waals surface area contributed by atoms with E-state index in [2.05, 4.69) is 15.0 Å². The van der Waals surface area contributed by atoms with E-state index in [0.717, 1.165) is 5.69 Å². The topological polar surface area (TPSA) is 62.9 Å². The summed E-state index contributed by atoms with van der Waals surface area (Å²) in [4.78, 5) is 6.25. The average molecular weight is 494 g/mol. The summed E-state index contributed by atoms with van der Waals surface area (Å²) in [6.45, 7) is 2.34. The van der Waals surface area contributed by atoms with Gasteiger partial charge in [0.25, 0.3) is 0 Å². The standard InChI is InChI=1S/C18H21F3N4O.HI/c1-13(25(2)14-8-4-3-5-9-14)12-23-17(22)24-15-10-6-7-11-16(15)26-18(19,20)21;/h3-11,13H,12H2,1-2H3,(H3,22,23,24);1H. The van der Waals surface area contributed by atoms with Crippen LogP contribution in [-0.2, 0) is 0 Å². The van der Waals surface area contributed by atoms with Crippen LogP contribution < -0.4 is 20.7 Å². The highest BCUT2D eigenvalue weighted by Crippen LogP contribution is 2.29. The van der Waals surface area contributed by atoms with Gasteiger partial charge in [0.2, 0.25) is 0 Å². The number of hydrogen-bond donors (Lipinski definition) is 2. The number of likely N-dealkylation sites (N-methyl/N-ethyl adjacent to an activating group) is 1. The number of aliphatic imine (C=N–C) groups is 1. The molecule has 0 saturated carbocycles. The third-order valence-corrected chi connectivity index (χ3v) is 3.73. The van der Waals surface area contributed by atoms with Gasteiger partial charge in [-0.15, -0.1) is 37.1 Å². The fourth-order valence-electron chi connectivity index (χ4n) is 2.23. The molecule has 3 N–H and O–H groups in total. The third-order valence-electron chi connectivity index (χ3n) is 3.73. The summed E-state index contributed by atoms with van der Waals surface area (Å²) >= 11 is 0. The molecule has 2 aromatic rings.